The minimum atomic E-state index is -0.241. The van der Waals surface area contributed by atoms with E-state index >= 15 is 0 Å². The van der Waals surface area contributed by atoms with Gasteiger partial charge in [-0.25, -0.2) is 0 Å². The maximum absolute atomic E-state index is 13.1. The highest BCUT2D eigenvalue weighted by Crippen LogP contribution is 2.29. The summed E-state index contributed by atoms with van der Waals surface area (Å²) in [6.45, 7) is 2.09. The fourth-order valence-corrected chi connectivity index (χ4v) is 3.88. The molecule has 0 spiro atoms. The summed E-state index contributed by atoms with van der Waals surface area (Å²) in [4.78, 5) is 27.7. The van der Waals surface area contributed by atoms with E-state index in [1.165, 1.54) is 11.1 Å². The number of nitrogens with one attached hydrogen (secondary N) is 1. The Morgan fingerprint density at radius 2 is 1.59 bits per heavy atom. The number of hydrogen-bond acceptors (Lipinski definition) is 5. The predicted molar refractivity (Wildman–Crippen MR) is 146 cm³/mol. The maximum Gasteiger partial charge on any atom is 0.258 e. The number of ether oxygens (including phenoxy) is 1. The first-order chi connectivity index (χ1) is 18.0. The zero-order valence-electron chi connectivity index (χ0n) is 20.6. The number of amides is 2. The number of para-hydroxylation sites is 2. The Morgan fingerprint density at radius 3 is 2.32 bits per heavy atom. The van der Waals surface area contributed by atoms with Crippen LogP contribution in [0.5, 0.6) is 5.75 Å². The Morgan fingerprint density at radius 1 is 0.919 bits per heavy atom. The normalized spacial score (nSPS) is 10.8. The van der Waals surface area contributed by atoms with Gasteiger partial charge in [-0.2, -0.15) is 0 Å². The molecule has 0 fully saturated rings. The third-order valence-corrected chi connectivity index (χ3v) is 5.85. The largest absolute Gasteiger partial charge is 0.486 e. The van der Waals surface area contributed by atoms with Crippen LogP contribution in [0.15, 0.2) is 102 Å². The number of nitrogens with zero attached hydrogens (tertiary/aromatic N) is 2. The summed E-state index contributed by atoms with van der Waals surface area (Å²) in [5, 5.41) is 14.4. The second-order valence-electron chi connectivity index (χ2n) is 8.38. The molecule has 0 aliphatic rings. The highest BCUT2D eigenvalue weighted by Gasteiger charge is 2.18. The molecular formula is C30H27N3O4. The molecule has 2 N–H and O–H groups in total. The van der Waals surface area contributed by atoms with E-state index in [1.54, 1.807) is 61.6 Å². The standard InChI is InChI=1S/C30H27N3O4/c1-21-11-13-22(14-12-21)25-7-3-4-8-26(25)29(34)32-24-17-15-23(16-18-24)30(35)33(2)27-9-5-6-10-28(27)37-20-19-31-36/h3-19,36H,20H2,1-2H3,(H,32,34)/b31-19+. The number of carbonyl (C=O) groups excluding carboxylic acids is 2. The van der Waals surface area contributed by atoms with Crippen LogP contribution < -0.4 is 15.0 Å². The number of oxime groups is 1. The summed E-state index contributed by atoms with van der Waals surface area (Å²) >= 11 is 0. The molecule has 7 heteroatoms. The molecule has 186 valence electrons. The Hall–Kier alpha value is -4.91. The van der Waals surface area contributed by atoms with E-state index in [0.29, 0.717) is 28.3 Å². The van der Waals surface area contributed by atoms with Crippen LogP contribution in [-0.4, -0.2) is 36.9 Å². The van der Waals surface area contributed by atoms with Crippen LogP contribution in [0.3, 0.4) is 0 Å². The van der Waals surface area contributed by atoms with Crippen LogP contribution in [0.2, 0.25) is 0 Å². The van der Waals surface area contributed by atoms with Crippen LogP contribution in [0.1, 0.15) is 26.3 Å². The van der Waals surface area contributed by atoms with Crippen LogP contribution in [0.4, 0.5) is 11.4 Å². The monoisotopic (exact) mass is 493 g/mol. The number of carbonyl (C=O) groups is 2. The van der Waals surface area contributed by atoms with E-state index in [4.69, 9.17) is 9.94 Å². The predicted octanol–water partition coefficient (Wildman–Crippen LogP) is 6.03. The lowest BCUT2D eigenvalue weighted by Gasteiger charge is -2.20. The van der Waals surface area contributed by atoms with Gasteiger partial charge in [0.2, 0.25) is 0 Å². The summed E-state index contributed by atoms with van der Waals surface area (Å²) in [5.41, 5.74) is 5.13. The number of rotatable bonds is 8. The average molecular weight is 494 g/mol. The summed E-state index contributed by atoms with van der Waals surface area (Å²) in [6, 6.07) is 29.3. The molecule has 0 unspecified atom stereocenters. The molecule has 0 aromatic heterocycles. The molecule has 37 heavy (non-hydrogen) atoms. The third kappa shape index (κ3) is 6.02. The molecule has 4 aromatic rings. The molecule has 7 nitrogen and oxygen atoms in total. The maximum atomic E-state index is 13.1. The van der Waals surface area contributed by atoms with Crippen molar-refractivity contribution < 1.29 is 19.5 Å². The van der Waals surface area contributed by atoms with Gasteiger partial charge in [0.25, 0.3) is 11.8 Å². The van der Waals surface area contributed by atoms with Crippen LogP contribution >= 0.6 is 0 Å². The number of hydrogen-bond donors (Lipinski definition) is 2. The number of benzene rings is 4. The van der Waals surface area contributed by atoms with Gasteiger partial charge in [0.05, 0.1) is 11.9 Å². The first-order valence-electron chi connectivity index (χ1n) is 11.7. The minimum Gasteiger partial charge on any atom is -0.486 e. The Bertz CT molecular complexity index is 1410. The van der Waals surface area contributed by atoms with Gasteiger partial charge in [-0.1, -0.05) is 65.3 Å². The average Bonchev–Trinajstić information content (AvgIpc) is 2.93. The second-order valence-corrected chi connectivity index (χ2v) is 8.38. The quantitative estimate of drug-likeness (QED) is 0.178. The van der Waals surface area contributed by atoms with Crippen molar-refractivity contribution in [1.82, 2.24) is 0 Å². The molecule has 0 atom stereocenters. The van der Waals surface area contributed by atoms with Crippen molar-refractivity contribution in [1.29, 1.82) is 0 Å². The Balaban J connectivity index is 1.48. The molecule has 4 rings (SSSR count). The van der Waals surface area contributed by atoms with Crippen LogP contribution in [0.25, 0.3) is 11.1 Å². The Kier molecular flexibility index (Phi) is 7.95. The van der Waals surface area contributed by atoms with Crippen molar-refractivity contribution in [3.05, 3.63) is 114 Å². The summed E-state index contributed by atoms with van der Waals surface area (Å²) < 4.78 is 5.59. The number of aryl methyl sites for hydroxylation is 1. The van der Waals surface area contributed by atoms with E-state index < -0.39 is 0 Å². The van der Waals surface area contributed by atoms with Gasteiger partial charge in [0, 0.05) is 23.9 Å². The van der Waals surface area contributed by atoms with E-state index in [9.17, 15) is 9.59 Å². The third-order valence-electron chi connectivity index (χ3n) is 5.85. The first kappa shape index (κ1) is 25.2. The van der Waals surface area contributed by atoms with Crippen molar-refractivity contribution in [3.8, 4) is 16.9 Å². The molecule has 0 saturated heterocycles. The highest BCUT2D eigenvalue weighted by molar-refractivity contribution is 6.09. The summed E-state index contributed by atoms with van der Waals surface area (Å²) in [6.07, 6.45) is 1.21. The van der Waals surface area contributed by atoms with E-state index in [2.05, 4.69) is 10.5 Å². The lowest BCUT2D eigenvalue weighted by molar-refractivity contribution is 0.0991. The van der Waals surface area contributed by atoms with Gasteiger partial charge in [0.1, 0.15) is 12.4 Å². The van der Waals surface area contributed by atoms with Crippen molar-refractivity contribution in [2.45, 2.75) is 6.92 Å². The van der Waals surface area contributed by atoms with Gasteiger partial charge in [0.15, 0.2) is 0 Å². The van der Waals surface area contributed by atoms with Gasteiger partial charge >= 0.3 is 0 Å². The van der Waals surface area contributed by atoms with Gasteiger partial charge in [-0.15, -0.1) is 0 Å². The van der Waals surface area contributed by atoms with Crippen LogP contribution in [0, 0.1) is 6.92 Å². The SMILES string of the molecule is Cc1ccc(-c2ccccc2C(=O)Nc2ccc(C(=O)N(C)c3ccccc3OC/C=N/O)cc2)cc1. The number of anilines is 2. The molecule has 2 amide bonds. The molecule has 0 heterocycles. The topological polar surface area (TPSA) is 91.2 Å². The zero-order chi connectivity index (χ0) is 26.2. The molecule has 0 aliphatic carbocycles. The van der Waals surface area contributed by atoms with Gasteiger partial charge in [-0.3, -0.25) is 9.59 Å². The fraction of sp³-hybridized carbons (Fsp3) is 0.100. The summed E-state index contributed by atoms with van der Waals surface area (Å²) in [5.74, 6) is 0.00806. The lowest BCUT2D eigenvalue weighted by atomic mass is 9.98. The molecule has 4 aromatic carbocycles. The van der Waals surface area contributed by atoms with E-state index in [0.717, 1.165) is 16.7 Å². The lowest BCUT2D eigenvalue weighted by Crippen LogP contribution is -2.26. The highest BCUT2D eigenvalue weighted by atomic mass is 16.5. The van der Waals surface area contributed by atoms with Crippen LogP contribution in [-0.2, 0) is 0 Å². The molecule has 0 radical (unpaired) electrons. The minimum absolute atomic E-state index is 0.0664. The molecule has 0 bridgehead atoms. The summed E-state index contributed by atoms with van der Waals surface area (Å²) in [7, 11) is 1.66. The van der Waals surface area contributed by atoms with Crippen molar-refractivity contribution >= 4 is 29.4 Å². The zero-order valence-corrected chi connectivity index (χ0v) is 20.6. The first-order valence-corrected chi connectivity index (χ1v) is 11.7. The van der Waals surface area contributed by atoms with Crippen molar-refractivity contribution in [2.75, 3.05) is 23.9 Å². The fourth-order valence-electron chi connectivity index (χ4n) is 3.88. The molecule has 0 saturated carbocycles. The smallest absolute Gasteiger partial charge is 0.258 e. The van der Waals surface area contributed by atoms with Gasteiger partial charge < -0.3 is 20.2 Å². The molecular weight excluding hydrogens is 466 g/mol. The van der Waals surface area contributed by atoms with Crippen molar-refractivity contribution in [3.63, 3.8) is 0 Å². The second kappa shape index (κ2) is 11.7. The van der Waals surface area contributed by atoms with E-state index in [-0.39, 0.29) is 18.4 Å². The molecule has 0 aliphatic heterocycles. The van der Waals surface area contributed by atoms with Gasteiger partial charge in [-0.05, 0) is 60.5 Å². The Labute approximate surface area is 215 Å². The van der Waals surface area contributed by atoms with Crippen molar-refractivity contribution in [2.24, 2.45) is 5.16 Å². The van der Waals surface area contributed by atoms with E-state index in [1.807, 2.05) is 49.4 Å².